The van der Waals surface area contributed by atoms with Crippen LogP contribution in [0.3, 0.4) is 0 Å². The minimum atomic E-state index is -0.115. The molecule has 4 nitrogen and oxygen atoms in total. The number of para-hydroxylation sites is 1. The standard InChI is InChI=1S/C25H24N2O2/c28-24(26-16-7-8-17-26)21-12-9-13-22(18-21)25(29)27(23-14-5-2-6-15-23)19-20-10-3-1-4-11-20/h1-6,9-15,18H,7-8,16-17,19H2. The van der Waals surface area contributed by atoms with Crippen molar-refractivity contribution in [3.63, 3.8) is 0 Å². The Morgan fingerprint density at radius 3 is 2.07 bits per heavy atom. The van der Waals surface area contributed by atoms with E-state index in [0.29, 0.717) is 17.7 Å². The highest BCUT2D eigenvalue weighted by atomic mass is 16.2. The van der Waals surface area contributed by atoms with Crippen molar-refractivity contribution >= 4 is 17.5 Å². The predicted molar refractivity (Wildman–Crippen MR) is 115 cm³/mol. The monoisotopic (exact) mass is 384 g/mol. The maximum atomic E-state index is 13.4. The highest BCUT2D eigenvalue weighted by Crippen LogP contribution is 2.21. The lowest BCUT2D eigenvalue weighted by molar-refractivity contribution is 0.0793. The third kappa shape index (κ3) is 4.37. The Bertz CT molecular complexity index is 980. The Morgan fingerprint density at radius 1 is 0.759 bits per heavy atom. The zero-order valence-electron chi connectivity index (χ0n) is 16.3. The van der Waals surface area contributed by atoms with Gasteiger partial charge in [-0.15, -0.1) is 0 Å². The second-order valence-electron chi connectivity index (χ2n) is 7.29. The number of likely N-dealkylation sites (tertiary alicyclic amines) is 1. The number of anilines is 1. The maximum absolute atomic E-state index is 13.4. The third-order valence-electron chi connectivity index (χ3n) is 5.25. The molecular weight excluding hydrogens is 360 g/mol. The Morgan fingerprint density at radius 2 is 1.38 bits per heavy atom. The normalized spacial score (nSPS) is 13.3. The van der Waals surface area contributed by atoms with Crippen LogP contribution in [0, 0.1) is 0 Å². The molecule has 0 spiro atoms. The summed E-state index contributed by atoms with van der Waals surface area (Å²) >= 11 is 0. The average molecular weight is 384 g/mol. The van der Waals surface area contributed by atoms with Gasteiger partial charge in [0.25, 0.3) is 11.8 Å². The molecule has 0 bridgehead atoms. The van der Waals surface area contributed by atoms with E-state index in [0.717, 1.165) is 37.2 Å². The molecule has 0 radical (unpaired) electrons. The van der Waals surface area contributed by atoms with Gasteiger partial charge < -0.3 is 9.80 Å². The van der Waals surface area contributed by atoms with Crippen LogP contribution in [0.1, 0.15) is 39.1 Å². The van der Waals surface area contributed by atoms with Crippen molar-refractivity contribution in [1.29, 1.82) is 0 Å². The molecule has 1 aliphatic heterocycles. The minimum absolute atomic E-state index is 0.00599. The Balaban J connectivity index is 1.63. The van der Waals surface area contributed by atoms with Crippen molar-refractivity contribution in [2.45, 2.75) is 19.4 Å². The summed E-state index contributed by atoms with van der Waals surface area (Å²) < 4.78 is 0. The first-order valence-electron chi connectivity index (χ1n) is 10.0. The van der Waals surface area contributed by atoms with E-state index in [2.05, 4.69) is 0 Å². The van der Waals surface area contributed by atoms with Crippen LogP contribution in [0.4, 0.5) is 5.69 Å². The summed E-state index contributed by atoms with van der Waals surface area (Å²) in [6, 6.07) is 26.7. The van der Waals surface area contributed by atoms with Gasteiger partial charge in [-0.25, -0.2) is 0 Å². The Kier molecular flexibility index (Phi) is 5.71. The zero-order valence-corrected chi connectivity index (χ0v) is 16.3. The largest absolute Gasteiger partial charge is 0.339 e. The summed E-state index contributed by atoms with van der Waals surface area (Å²) in [7, 11) is 0. The van der Waals surface area contributed by atoms with Gasteiger partial charge in [-0.05, 0) is 48.7 Å². The fourth-order valence-electron chi connectivity index (χ4n) is 3.70. The maximum Gasteiger partial charge on any atom is 0.258 e. The number of nitrogens with zero attached hydrogens (tertiary/aromatic N) is 2. The Labute approximate surface area is 171 Å². The molecule has 0 unspecified atom stereocenters. The summed E-state index contributed by atoms with van der Waals surface area (Å²) in [5, 5.41) is 0. The molecule has 29 heavy (non-hydrogen) atoms. The van der Waals surface area contributed by atoms with E-state index in [1.807, 2.05) is 65.6 Å². The molecule has 4 rings (SSSR count). The molecule has 3 aromatic rings. The summed E-state index contributed by atoms with van der Waals surface area (Å²) in [6.45, 7) is 2.05. The van der Waals surface area contributed by atoms with Crippen LogP contribution < -0.4 is 4.90 Å². The van der Waals surface area contributed by atoms with Crippen LogP contribution in [-0.2, 0) is 6.54 Å². The van der Waals surface area contributed by atoms with Crippen molar-refractivity contribution in [2.24, 2.45) is 0 Å². The van der Waals surface area contributed by atoms with E-state index in [9.17, 15) is 9.59 Å². The van der Waals surface area contributed by atoms with E-state index in [1.54, 1.807) is 29.2 Å². The van der Waals surface area contributed by atoms with Gasteiger partial charge in [0.05, 0.1) is 6.54 Å². The molecule has 1 fully saturated rings. The molecule has 4 heteroatoms. The average Bonchev–Trinajstić information content (AvgIpc) is 3.33. The van der Waals surface area contributed by atoms with Gasteiger partial charge >= 0.3 is 0 Å². The number of carbonyl (C=O) groups excluding carboxylic acids is 2. The topological polar surface area (TPSA) is 40.6 Å². The summed E-state index contributed by atoms with van der Waals surface area (Å²) in [6.07, 6.45) is 2.09. The van der Waals surface area contributed by atoms with Crippen molar-refractivity contribution < 1.29 is 9.59 Å². The summed E-state index contributed by atoms with van der Waals surface area (Å²) in [5.74, 6) is -0.109. The lowest BCUT2D eigenvalue weighted by atomic mass is 10.1. The minimum Gasteiger partial charge on any atom is -0.339 e. The van der Waals surface area contributed by atoms with Crippen molar-refractivity contribution in [1.82, 2.24) is 4.90 Å². The van der Waals surface area contributed by atoms with Gasteiger partial charge in [-0.3, -0.25) is 9.59 Å². The predicted octanol–water partition coefficient (Wildman–Crippen LogP) is 4.77. The fourth-order valence-corrected chi connectivity index (χ4v) is 3.70. The fraction of sp³-hybridized carbons (Fsp3) is 0.200. The van der Waals surface area contributed by atoms with Gasteiger partial charge in [-0.2, -0.15) is 0 Å². The molecule has 3 aromatic carbocycles. The van der Waals surface area contributed by atoms with E-state index in [4.69, 9.17) is 0 Å². The van der Waals surface area contributed by atoms with Crippen LogP contribution in [0.2, 0.25) is 0 Å². The second-order valence-corrected chi connectivity index (χ2v) is 7.29. The zero-order chi connectivity index (χ0) is 20.1. The molecule has 0 aromatic heterocycles. The van der Waals surface area contributed by atoms with E-state index in [1.165, 1.54) is 0 Å². The molecular formula is C25H24N2O2. The van der Waals surface area contributed by atoms with Crippen molar-refractivity contribution in [3.05, 3.63) is 102 Å². The first kappa shape index (κ1) is 18.9. The highest BCUT2D eigenvalue weighted by molar-refractivity contribution is 6.07. The van der Waals surface area contributed by atoms with E-state index < -0.39 is 0 Å². The summed E-state index contributed by atoms with van der Waals surface area (Å²) in [4.78, 5) is 29.8. The van der Waals surface area contributed by atoms with Crippen LogP contribution in [-0.4, -0.2) is 29.8 Å². The molecule has 2 amide bonds. The molecule has 1 heterocycles. The molecule has 0 N–H and O–H groups in total. The number of hydrogen-bond donors (Lipinski definition) is 0. The lowest BCUT2D eigenvalue weighted by Crippen LogP contribution is -2.31. The molecule has 1 saturated heterocycles. The molecule has 1 aliphatic rings. The molecule has 0 saturated carbocycles. The van der Waals surface area contributed by atoms with Crippen LogP contribution in [0.15, 0.2) is 84.9 Å². The lowest BCUT2D eigenvalue weighted by Gasteiger charge is -2.23. The number of hydrogen-bond acceptors (Lipinski definition) is 2. The highest BCUT2D eigenvalue weighted by Gasteiger charge is 2.22. The van der Waals surface area contributed by atoms with Gasteiger partial charge in [0.15, 0.2) is 0 Å². The second kappa shape index (κ2) is 8.74. The summed E-state index contributed by atoms with van der Waals surface area (Å²) in [5.41, 5.74) is 2.98. The molecule has 0 atom stereocenters. The first-order chi connectivity index (χ1) is 14.2. The van der Waals surface area contributed by atoms with Gasteiger partial charge in [0.2, 0.25) is 0 Å². The van der Waals surface area contributed by atoms with Crippen molar-refractivity contribution in [2.75, 3.05) is 18.0 Å². The number of carbonyl (C=O) groups is 2. The SMILES string of the molecule is O=C(c1cccc(C(=O)N(Cc2ccccc2)c2ccccc2)c1)N1CCCC1. The van der Waals surface area contributed by atoms with Crippen LogP contribution >= 0.6 is 0 Å². The number of benzene rings is 3. The molecule has 0 aliphatic carbocycles. The van der Waals surface area contributed by atoms with Gasteiger partial charge in [0.1, 0.15) is 0 Å². The Hall–Kier alpha value is -3.40. The number of rotatable bonds is 5. The van der Waals surface area contributed by atoms with E-state index >= 15 is 0 Å². The van der Waals surface area contributed by atoms with Crippen LogP contribution in [0.25, 0.3) is 0 Å². The molecule has 146 valence electrons. The van der Waals surface area contributed by atoms with Crippen molar-refractivity contribution in [3.8, 4) is 0 Å². The number of amides is 2. The van der Waals surface area contributed by atoms with Gasteiger partial charge in [0, 0.05) is 29.9 Å². The third-order valence-corrected chi connectivity index (χ3v) is 5.25. The van der Waals surface area contributed by atoms with Gasteiger partial charge in [-0.1, -0.05) is 54.6 Å². The smallest absolute Gasteiger partial charge is 0.258 e. The van der Waals surface area contributed by atoms with E-state index in [-0.39, 0.29) is 11.8 Å². The first-order valence-corrected chi connectivity index (χ1v) is 10.0. The van der Waals surface area contributed by atoms with Crippen LogP contribution in [0.5, 0.6) is 0 Å². The quantitative estimate of drug-likeness (QED) is 0.636.